The maximum absolute atomic E-state index is 12.6. The van der Waals surface area contributed by atoms with Crippen LogP contribution in [0.25, 0.3) is 0 Å². The van der Waals surface area contributed by atoms with E-state index < -0.39 is 0 Å². The number of nitrogens with zero attached hydrogens (tertiary/aromatic N) is 2. The second-order valence-electron chi connectivity index (χ2n) is 6.69. The number of benzene rings is 1. The predicted molar refractivity (Wildman–Crippen MR) is 101 cm³/mol. The molecule has 6 heteroatoms. The van der Waals surface area contributed by atoms with Gasteiger partial charge in [0.15, 0.2) is 0 Å². The van der Waals surface area contributed by atoms with Gasteiger partial charge in [0.1, 0.15) is 0 Å². The summed E-state index contributed by atoms with van der Waals surface area (Å²) < 4.78 is 0. The van der Waals surface area contributed by atoms with Gasteiger partial charge in [0.25, 0.3) is 5.91 Å². The Morgan fingerprint density at radius 1 is 1.00 bits per heavy atom. The average Bonchev–Trinajstić information content (AvgIpc) is 2.66. The van der Waals surface area contributed by atoms with Gasteiger partial charge < -0.3 is 15.1 Å². The van der Waals surface area contributed by atoms with Crippen molar-refractivity contribution in [3.8, 4) is 0 Å². The molecule has 3 amide bonds. The molecule has 0 bridgehead atoms. The monoisotopic (exact) mass is 359 g/mol. The zero-order chi connectivity index (χ0) is 18.9. The molecule has 2 rings (SSSR count). The summed E-state index contributed by atoms with van der Waals surface area (Å²) in [5.41, 5.74) is 1.70. The molecule has 0 radical (unpaired) electrons. The van der Waals surface area contributed by atoms with Crippen molar-refractivity contribution in [3.63, 3.8) is 0 Å². The van der Waals surface area contributed by atoms with E-state index in [0.29, 0.717) is 52.0 Å². The second-order valence-corrected chi connectivity index (χ2v) is 6.69. The van der Waals surface area contributed by atoms with E-state index in [-0.39, 0.29) is 17.7 Å². The Morgan fingerprint density at radius 2 is 1.65 bits per heavy atom. The van der Waals surface area contributed by atoms with Gasteiger partial charge in [-0.1, -0.05) is 25.1 Å². The molecule has 26 heavy (non-hydrogen) atoms. The molecule has 1 fully saturated rings. The minimum absolute atomic E-state index is 0.00768. The van der Waals surface area contributed by atoms with E-state index in [9.17, 15) is 14.4 Å². The summed E-state index contributed by atoms with van der Waals surface area (Å²) in [6, 6.07) is 7.57. The van der Waals surface area contributed by atoms with Gasteiger partial charge in [-0.3, -0.25) is 14.4 Å². The molecule has 1 aromatic carbocycles. The molecule has 1 aliphatic heterocycles. The molecule has 0 aromatic heterocycles. The van der Waals surface area contributed by atoms with E-state index in [4.69, 9.17) is 0 Å². The van der Waals surface area contributed by atoms with E-state index in [2.05, 4.69) is 5.32 Å². The smallest absolute Gasteiger partial charge is 0.254 e. The van der Waals surface area contributed by atoms with Crippen LogP contribution in [0.2, 0.25) is 0 Å². The Bertz CT molecular complexity index is 637. The Labute approximate surface area is 155 Å². The van der Waals surface area contributed by atoms with Crippen LogP contribution in [-0.2, 0) is 9.59 Å². The molecule has 1 aliphatic rings. The highest BCUT2D eigenvalue weighted by molar-refractivity contribution is 5.95. The topological polar surface area (TPSA) is 69.7 Å². The van der Waals surface area contributed by atoms with Crippen molar-refractivity contribution in [3.05, 3.63) is 35.4 Å². The largest absolute Gasteiger partial charge is 0.356 e. The summed E-state index contributed by atoms with van der Waals surface area (Å²) in [5, 5.41) is 2.82. The molecule has 0 aliphatic carbocycles. The van der Waals surface area contributed by atoms with Crippen LogP contribution < -0.4 is 5.32 Å². The normalized spacial score (nSPS) is 14.2. The number of aryl methyl sites for hydroxylation is 1. The van der Waals surface area contributed by atoms with E-state index in [1.54, 1.807) is 4.90 Å². The van der Waals surface area contributed by atoms with Crippen molar-refractivity contribution in [1.82, 2.24) is 15.1 Å². The van der Waals surface area contributed by atoms with Gasteiger partial charge in [-0.15, -0.1) is 0 Å². The first-order valence-corrected chi connectivity index (χ1v) is 9.42. The third-order valence-electron chi connectivity index (χ3n) is 4.66. The molecule has 6 nitrogen and oxygen atoms in total. The van der Waals surface area contributed by atoms with E-state index in [0.717, 1.165) is 17.5 Å². The molecule has 0 atom stereocenters. The number of hydrogen-bond acceptors (Lipinski definition) is 3. The second kappa shape index (κ2) is 9.94. The minimum atomic E-state index is 0.00768. The highest BCUT2D eigenvalue weighted by Crippen LogP contribution is 2.13. The molecule has 1 N–H and O–H groups in total. The van der Waals surface area contributed by atoms with Crippen LogP contribution in [0.4, 0.5) is 0 Å². The van der Waals surface area contributed by atoms with E-state index in [1.807, 2.05) is 43.0 Å². The SMILES string of the molecule is CCCNC(=O)CCCC(=O)N1CCN(C(=O)c2ccccc2C)CC1. The summed E-state index contributed by atoms with van der Waals surface area (Å²) in [4.78, 5) is 40.1. The number of rotatable bonds is 7. The van der Waals surface area contributed by atoms with E-state index >= 15 is 0 Å². The third kappa shape index (κ3) is 5.58. The van der Waals surface area contributed by atoms with Gasteiger partial charge >= 0.3 is 0 Å². The summed E-state index contributed by atoms with van der Waals surface area (Å²) in [6.45, 7) is 6.84. The molecular formula is C20H29N3O3. The van der Waals surface area contributed by atoms with Crippen LogP contribution in [0.1, 0.15) is 48.5 Å². The van der Waals surface area contributed by atoms with Crippen molar-refractivity contribution >= 4 is 17.7 Å². The lowest BCUT2D eigenvalue weighted by atomic mass is 10.1. The Kier molecular flexibility index (Phi) is 7.63. The van der Waals surface area contributed by atoms with Gasteiger partial charge in [-0.25, -0.2) is 0 Å². The molecule has 1 saturated heterocycles. The first kappa shape index (κ1) is 19.9. The highest BCUT2D eigenvalue weighted by atomic mass is 16.2. The minimum Gasteiger partial charge on any atom is -0.356 e. The Morgan fingerprint density at radius 3 is 2.31 bits per heavy atom. The van der Waals surface area contributed by atoms with Crippen molar-refractivity contribution in [2.45, 2.75) is 39.5 Å². The molecular weight excluding hydrogens is 330 g/mol. The summed E-state index contributed by atoms with van der Waals surface area (Å²) in [6.07, 6.45) is 2.25. The summed E-state index contributed by atoms with van der Waals surface area (Å²) in [5.74, 6) is 0.104. The van der Waals surface area contributed by atoms with Crippen molar-refractivity contribution in [2.24, 2.45) is 0 Å². The lowest BCUT2D eigenvalue weighted by Crippen LogP contribution is -2.50. The fourth-order valence-corrected chi connectivity index (χ4v) is 3.05. The van der Waals surface area contributed by atoms with Gasteiger partial charge in [-0.2, -0.15) is 0 Å². The van der Waals surface area contributed by atoms with Crippen LogP contribution in [0, 0.1) is 6.92 Å². The first-order valence-electron chi connectivity index (χ1n) is 9.42. The van der Waals surface area contributed by atoms with Crippen molar-refractivity contribution in [1.29, 1.82) is 0 Å². The van der Waals surface area contributed by atoms with Crippen LogP contribution in [-0.4, -0.2) is 60.2 Å². The zero-order valence-electron chi connectivity index (χ0n) is 15.8. The number of amides is 3. The van der Waals surface area contributed by atoms with Crippen LogP contribution in [0.5, 0.6) is 0 Å². The van der Waals surface area contributed by atoms with Gasteiger partial charge in [0, 0.05) is 51.1 Å². The van der Waals surface area contributed by atoms with Crippen molar-refractivity contribution in [2.75, 3.05) is 32.7 Å². The predicted octanol–water partition coefficient (Wildman–Crippen LogP) is 1.98. The number of hydrogen-bond donors (Lipinski definition) is 1. The van der Waals surface area contributed by atoms with Crippen LogP contribution >= 0.6 is 0 Å². The maximum Gasteiger partial charge on any atom is 0.254 e. The van der Waals surface area contributed by atoms with E-state index in [1.165, 1.54) is 0 Å². The summed E-state index contributed by atoms with van der Waals surface area (Å²) >= 11 is 0. The van der Waals surface area contributed by atoms with Gasteiger partial charge in [0.2, 0.25) is 11.8 Å². The average molecular weight is 359 g/mol. The quantitative estimate of drug-likeness (QED) is 0.809. The fraction of sp³-hybridized carbons (Fsp3) is 0.550. The van der Waals surface area contributed by atoms with Crippen molar-refractivity contribution < 1.29 is 14.4 Å². The molecule has 0 saturated carbocycles. The molecule has 1 aromatic rings. The third-order valence-corrected chi connectivity index (χ3v) is 4.66. The standard InChI is InChI=1S/C20H29N3O3/c1-3-11-21-18(24)9-6-10-19(25)22-12-14-23(15-13-22)20(26)17-8-5-4-7-16(17)2/h4-5,7-8H,3,6,9-15H2,1-2H3,(H,21,24). The first-order chi connectivity index (χ1) is 12.5. The lowest BCUT2D eigenvalue weighted by Gasteiger charge is -2.35. The number of carbonyl (C=O) groups excluding carboxylic acids is 3. The zero-order valence-corrected chi connectivity index (χ0v) is 15.8. The number of piperazine rings is 1. The molecule has 142 valence electrons. The lowest BCUT2D eigenvalue weighted by molar-refractivity contribution is -0.132. The molecule has 1 heterocycles. The van der Waals surface area contributed by atoms with Gasteiger partial charge in [0.05, 0.1) is 0 Å². The fourth-order valence-electron chi connectivity index (χ4n) is 3.05. The maximum atomic E-state index is 12.6. The molecule has 0 unspecified atom stereocenters. The molecule has 0 spiro atoms. The van der Waals surface area contributed by atoms with Crippen LogP contribution in [0.3, 0.4) is 0 Å². The van der Waals surface area contributed by atoms with Gasteiger partial charge in [-0.05, 0) is 31.4 Å². The Hall–Kier alpha value is -2.37. The summed E-state index contributed by atoms with van der Waals surface area (Å²) in [7, 11) is 0. The number of nitrogens with one attached hydrogen (secondary N) is 1. The highest BCUT2D eigenvalue weighted by Gasteiger charge is 2.25. The van der Waals surface area contributed by atoms with Crippen LogP contribution in [0.15, 0.2) is 24.3 Å². The number of carbonyl (C=O) groups is 3. The Balaban J connectivity index is 1.74.